The number of rotatable bonds is 4. The highest BCUT2D eigenvalue weighted by molar-refractivity contribution is 7.12. The van der Waals surface area contributed by atoms with Crippen molar-refractivity contribution in [1.29, 1.82) is 0 Å². The first-order chi connectivity index (χ1) is 8.31. The molecule has 94 valence electrons. The molecule has 0 saturated carbocycles. The summed E-state index contributed by atoms with van der Waals surface area (Å²) in [6.45, 7) is 4.52. The van der Waals surface area contributed by atoms with E-state index in [1.54, 1.807) is 0 Å². The van der Waals surface area contributed by atoms with Crippen LogP contribution in [0, 0.1) is 0 Å². The Hall–Kier alpha value is -0.870. The van der Waals surface area contributed by atoms with Gasteiger partial charge >= 0.3 is 0 Å². The van der Waals surface area contributed by atoms with Crippen LogP contribution in [-0.2, 0) is 4.74 Å². The zero-order valence-electron chi connectivity index (χ0n) is 10.2. The highest BCUT2D eigenvalue weighted by Crippen LogP contribution is 2.18. The second-order valence-electron chi connectivity index (χ2n) is 4.36. The molecular formula is C13H19NO2S. The number of nitrogens with zero attached hydrogens (tertiary/aromatic N) is 1. The van der Waals surface area contributed by atoms with Gasteiger partial charge in [0.05, 0.1) is 11.0 Å². The molecule has 2 heterocycles. The Bertz CT molecular complexity index is 350. The van der Waals surface area contributed by atoms with Gasteiger partial charge in [0.1, 0.15) is 0 Å². The zero-order chi connectivity index (χ0) is 12.1. The Balaban J connectivity index is 1.90. The summed E-state index contributed by atoms with van der Waals surface area (Å²) >= 11 is 1.51. The highest BCUT2D eigenvalue weighted by Gasteiger charge is 2.25. The highest BCUT2D eigenvalue weighted by atomic mass is 32.1. The standard InChI is InChI=1S/C13H19NO2S/c1-2-8-16-11-5-3-7-14(10-11)13(15)12-6-4-9-17-12/h4,6,9,11H,2-3,5,7-8,10H2,1H3. The number of piperidine rings is 1. The summed E-state index contributed by atoms with van der Waals surface area (Å²) in [4.78, 5) is 14.9. The monoisotopic (exact) mass is 253 g/mol. The lowest BCUT2D eigenvalue weighted by Gasteiger charge is -2.32. The summed E-state index contributed by atoms with van der Waals surface area (Å²) in [5.74, 6) is 0.157. The van der Waals surface area contributed by atoms with Gasteiger partial charge in [0.2, 0.25) is 0 Å². The fourth-order valence-corrected chi connectivity index (χ4v) is 2.79. The average molecular weight is 253 g/mol. The number of likely N-dealkylation sites (tertiary alicyclic amines) is 1. The van der Waals surface area contributed by atoms with Crippen molar-refractivity contribution in [3.05, 3.63) is 22.4 Å². The van der Waals surface area contributed by atoms with Gasteiger partial charge in [0.15, 0.2) is 0 Å². The van der Waals surface area contributed by atoms with Crippen molar-refractivity contribution >= 4 is 17.2 Å². The molecule has 1 fully saturated rings. The van der Waals surface area contributed by atoms with Crippen molar-refractivity contribution in [2.75, 3.05) is 19.7 Å². The topological polar surface area (TPSA) is 29.5 Å². The first-order valence-corrected chi connectivity index (χ1v) is 7.13. The Labute approximate surface area is 106 Å². The quantitative estimate of drug-likeness (QED) is 0.825. The minimum Gasteiger partial charge on any atom is -0.376 e. The Morgan fingerprint density at radius 3 is 3.24 bits per heavy atom. The van der Waals surface area contributed by atoms with Crippen molar-refractivity contribution in [2.45, 2.75) is 32.3 Å². The van der Waals surface area contributed by atoms with E-state index >= 15 is 0 Å². The lowest BCUT2D eigenvalue weighted by atomic mass is 10.1. The number of hydrogen-bond donors (Lipinski definition) is 0. The Kier molecular flexibility index (Phi) is 4.57. The van der Waals surface area contributed by atoms with Crippen LogP contribution < -0.4 is 0 Å². The van der Waals surface area contributed by atoms with Gasteiger partial charge in [-0.25, -0.2) is 0 Å². The first kappa shape index (κ1) is 12.6. The summed E-state index contributed by atoms with van der Waals surface area (Å²) in [5, 5.41) is 1.95. The number of hydrogen-bond acceptors (Lipinski definition) is 3. The third-order valence-electron chi connectivity index (χ3n) is 2.96. The van der Waals surface area contributed by atoms with Gasteiger partial charge in [-0.05, 0) is 30.7 Å². The minimum absolute atomic E-state index is 0.157. The number of thiophene rings is 1. The molecule has 1 unspecified atom stereocenters. The molecule has 1 aliphatic heterocycles. The molecule has 17 heavy (non-hydrogen) atoms. The lowest BCUT2D eigenvalue weighted by Crippen LogP contribution is -2.43. The van der Waals surface area contributed by atoms with Crippen LogP contribution >= 0.6 is 11.3 Å². The number of carbonyl (C=O) groups is 1. The van der Waals surface area contributed by atoms with Crippen LogP contribution in [0.5, 0.6) is 0 Å². The number of carbonyl (C=O) groups excluding carboxylic acids is 1. The molecule has 2 rings (SSSR count). The lowest BCUT2D eigenvalue weighted by molar-refractivity contribution is 0.00227. The molecule has 0 spiro atoms. The average Bonchev–Trinajstić information content (AvgIpc) is 2.89. The van der Waals surface area contributed by atoms with Crippen LogP contribution in [0.3, 0.4) is 0 Å². The van der Waals surface area contributed by atoms with Gasteiger partial charge in [0.25, 0.3) is 5.91 Å². The normalized spacial score (nSPS) is 20.5. The Morgan fingerprint density at radius 2 is 2.53 bits per heavy atom. The van der Waals surface area contributed by atoms with E-state index in [-0.39, 0.29) is 12.0 Å². The summed E-state index contributed by atoms with van der Waals surface area (Å²) in [7, 11) is 0. The molecule has 1 saturated heterocycles. The minimum atomic E-state index is 0.157. The molecule has 3 nitrogen and oxygen atoms in total. The molecule has 0 radical (unpaired) electrons. The predicted octanol–water partition coefficient (Wildman–Crippen LogP) is 2.78. The molecule has 4 heteroatoms. The first-order valence-electron chi connectivity index (χ1n) is 6.25. The number of ether oxygens (including phenoxy) is 1. The van der Waals surface area contributed by atoms with E-state index in [0.29, 0.717) is 0 Å². The maximum atomic E-state index is 12.2. The molecule has 1 atom stereocenters. The number of amides is 1. The van der Waals surface area contributed by atoms with Gasteiger partial charge in [-0.2, -0.15) is 0 Å². The van der Waals surface area contributed by atoms with E-state index in [2.05, 4.69) is 6.92 Å². The van der Waals surface area contributed by atoms with Crippen LogP contribution in [0.1, 0.15) is 35.9 Å². The molecule has 1 amide bonds. The van der Waals surface area contributed by atoms with Crippen molar-refractivity contribution in [3.8, 4) is 0 Å². The van der Waals surface area contributed by atoms with Gasteiger partial charge in [-0.15, -0.1) is 11.3 Å². The zero-order valence-corrected chi connectivity index (χ0v) is 11.0. The third kappa shape index (κ3) is 3.30. The van der Waals surface area contributed by atoms with Gasteiger partial charge in [-0.3, -0.25) is 4.79 Å². The summed E-state index contributed by atoms with van der Waals surface area (Å²) in [5.41, 5.74) is 0. The molecule has 1 aromatic heterocycles. The molecule has 0 aromatic carbocycles. The largest absolute Gasteiger partial charge is 0.376 e. The summed E-state index contributed by atoms with van der Waals surface area (Å²) in [6, 6.07) is 3.82. The van der Waals surface area contributed by atoms with Crippen LogP contribution in [0.25, 0.3) is 0 Å². The van der Waals surface area contributed by atoms with Gasteiger partial charge < -0.3 is 9.64 Å². The third-order valence-corrected chi connectivity index (χ3v) is 3.81. The van der Waals surface area contributed by atoms with E-state index in [9.17, 15) is 4.79 Å². The fourth-order valence-electron chi connectivity index (χ4n) is 2.10. The van der Waals surface area contributed by atoms with E-state index < -0.39 is 0 Å². The molecule has 0 bridgehead atoms. The maximum absolute atomic E-state index is 12.2. The molecule has 1 aromatic rings. The fraction of sp³-hybridized carbons (Fsp3) is 0.615. The molecular weight excluding hydrogens is 234 g/mol. The van der Waals surface area contributed by atoms with Crippen molar-refractivity contribution in [1.82, 2.24) is 4.90 Å². The van der Waals surface area contributed by atoms with Crippen LogP contribution in [0.15, 0.2) is 17.5 Å². The van der Waals surface area contributed by atoms with E-state index in [1.165, 1.54) is 11.3 Å². The summed E-state index contributed by atoms with van der Waals surface area (Å²) < 4.78 is 5.74. The summed E-state index contributed by atoms with van der Waals surface area (Å²) in [6.07, 6.45) is 3.39. The molecule has 1 aliphatic rings. The Morgan fingerprint density at radius 1 is 1.65 bits per heavy atom. The van der Waals surface area contributed by atoms with Crippen molar-refractivity contribution < 1.29 is 9.53 Å². The molecule has 0 aliphatic carbocycles. The molecule has 0 N–H and O–H groups in total. The van der Waals surface area contributed by atoms with E-state index in [4.69, 9.17) is 4.74 Å². The van der Waals surface area contributed by atoms with Crippen LogP contribution in [-0.4, -0.2) is 36.6 Å². The smallest absolute Gasteiger partial charge is 0.264 e. The second kappa shape index (κ2) is 6.17. The van der Waals surface area contributed by atoms with Crippen molar-refractivity contribution in [2.24, 2.45) is 0 Å². The van der Waals surface area contributed by atoms with Crippen molar-refractivity contribution in [3.63, 3.8) is 0 Å². The maximum Gasteiger partial charge on any atom is 0.264 e. The van der Waals surface area contributed by atoms with Gasteiger partial charge in [0, 0.05) is 19.7 Å². The second-order valence-corrected chi connectivity index (χ2v) is 5.31. The van der Waals surface area contributed by atoms with Crippen LogP contribution in [0.4, 0.5) is 0 Å². The van der Waals surface area contributed by atoms with Gasteiger partial charge in [-0.1, -0.05) is 13.0 Å². The predicted molar refractivity (Wildman–Crippen MR) is 69.5 cm³/mol. The van der Waals surface area contributed by atoms with E-state index in [1.807, 2.05) is 22.4 Å². The van der Waals surface area contributed by atoms with Crippen LogP contribution in [0.2, 0.25) is 0 Å². The van der Waals surface area contributed by atoms with E-state index in [0.717, 1.165) is 43.8 Å². The SMILES string of the molecule is CCCOC1CCCN(C(=O)c2cccs2)C1.